The van der Waals surface area contributed by atoms with Crippen LogP contribution in [-0.2, 0) is 0 Å². The zero-order valence-electron chi connectivity index (χ0n) is 30.7. The third-order valence-electron chi connectivity index (χ3n) is 6.85. The lowest BCUT2D eigenvalue weighted by Gasteiger charge is -2.07. The van der Waals surface area contributed by atoms with Crippen LogP contribution in [0.3, 0.4) is 0 Å². The van der Waals surface area contributed by atoms with Crippen LogP contribution in [0.1, 0.15) is 0 Å². The second-order valence-corrected chi connectivity index (χ2v) is 36.2. The van der Waals surface area contributed by atoms with E-state index in [9.17, 15) is 0 Å². The molecule has 0 spiro atoms. The molecule has 24 heteroatoms. The molecular formula is C34H34S24. The van der Waals surface area contributed by atoms with Crippen molar-refractivity contribution in [3.8, 4) is 0 Å². The van der Waals surface area contributed by atoms with Crippen molar-refractivity contribution in [2.45, 2.75) is 0 Å². The molecule has 0 aromatic carbocycles. The Balaban J connectivity index is 1.08. The van der Waals surface area contributed by atoms with Gasteiger partial charge in [-0.05, 0) is 61.5 Å². The zero-order valence-corrected chi connectivity index (χ0v) is 50.6. The summed E-state index contributed by atoms with van der Waals surface area (Å²) in [5.74, 6) is 3.06. The molecule has 0 aromatic rings. The number of hydrogen-bond donors (Lipinski definition) is 4. The summed E-state index contributed by atoms with van der Waals surface area (Å²) in [6, 6.07) is 0. The molecule has 6 aliphatic heterocycles. The van der Waals surface area contributed by atoms with Crippen LogP contribution < -0.4 is 0 Å². The largest absolute Gasteiger partial charge is 0.174 e. The highest BCUT2D eigenvalue weighted by atomic mass is 32.3. The molecule has 0 atom stereocenters. The summed E-state index contributed by atoms with van der Waals surface area (Å²) >= 11 is 56.5. The van der Waals surface area contributed by atoms with Gasteiger partial charge in [-0.3, -0.25) is 0 Å². The van der Waals surface area contributed by atoms with Crippen LogP contribution in [0.4, 0.5) is 0 Å². The van der Waals surface area contributed by atoms with Crippen LogP contribution in [0.5, 0.6) is 0 Å². The first-order chi connectivity index (χ1) is 28.3. The minimum absolute atomic E-state index is 0.763. The Morgan fingerprint density at radius 1 is 0.310 bits per heavy atom. The third kappa shape index (κ3) is 15.4. The topological polar surface area (TPSA) is 0 Å². The lowest BCUT2D eigenvalue weighted by atomic mass is 10.6. The minimum Gasteiger partial charge on any atom is -0.174 e. The van der Waals surface area contributed by atoms with E-state index in [1.807, 2.05) is 235 Å². The van der Waals surface area contributed by atoms with Gasteiger partial charge in [0.25, 0.3) is 0 Å². The predicted molar refractivity (Wildman–Crippen MR) is 331 cm³/mol. The summed E-state index contributed by atoms with van der Waals surface area (Å²) in [6.07, 6.45) is 22.5. The van der Waals surface area contributed by atoms with E-state index in [1.165, 1.54) is 78.9 Å². The molecule has 0 amide bonds. The summed E-state index contributed by atoms with van der Waals surface area (Å²) in [6.45, 7) is 0. The average molecular weight is 1210 g/mol. The summed E-state index contributed by atoms with van der Waals surface area (Å²) < 4.78 is 19.2. The van der Waals surface area contributed by atoms with Crippen molar-refractivity contribution in [3.05, 3.63) is 115 Å². The molecule has 0 aromatic heterocycles. The lowest BCUT2D eigenvalue weighted by Crippen LogP contribution is -1.80. The Labute approximate surface area is 452 Å². The number of hydrogen-bond acceptors (Lipinski definition) is 24. The van der Waals surface area contributed by atoms with Crippen molar-refractivity contribution in [1.29, 1.82) is 0 Å². The molecule has 0 nitrogen and oxygen atoms in total. The van der Waals surface area contributed by atoms with E-state index >= 15 is 0 Å². The molecule has 6 heterocycles. The summed E-state index contributed by atoms with van der Waals surface area (Å²) in [5.41, 5.74) is 0. The first-order valence-corrected chi connectivity index (χ1v) is 37.4. The van der Waals surface area contributed by atoms with Gasteiger partial charge in [-0.15, -0.1) is 94.1 Å². The highest BCUT2D eigenvalue weighted by Gasteiger charge is 2.27. The molecule has 314 valence electrons. The maximum Gasteiger partial charge on any atom is 0.0668 e. The Hall–Kier alpha value is 5.28. The fourth-order valence-electron chi connectivity index (χ4n) is 4.32. The second kappa shape index (κ2) is 28.1. The summed E-state index contributed by atoms with van der Waals surface area (Å²) in [5, 5.41) is 1.93. The van der Waals surface area contributed by atoms with E-state index < -0.39 is 0 Å². The number of thioether (sulfide) groups is 20. The molecule has 0 saturated carbocycles. The first-order valence-electron chi connectivity index (χ1n) is 16.2. The Kier molecular flexibility index (Phi) is 25.5. The molecule has 0 saturated heterocycles. The average Bonchev–Trinajstić information content (AvgIpc) is 4.11. The lowest BCUT2D eigenvalue weighted by molar-refractivity contribution is 1.61. The van der Waals surface area contributed by atoms with Gasteiger partial charge in [0.1, 0.15) is 0 Å². The molecule has 6 aliphatic rings. The number of rotatable bonds is 19. The van der Waals surface area contributed by atoms with E-state index in [0.29, 0.717) is 0 Å². The van der Waals surface area contributed by atoms with Gasteiger partial charge in [0.05, 0.1) is 55.1 Å². The number of allylic oxidation sites excluding steroid dienone is 6. The third-order valence-corrected chi connectivity index (χ3v) is 35.4. The molecule has 0 bridgehead atoms. The monoisotopic (exact) mass is 1210 g/mol. The molecule has 0 fully saturated rings. The van der Waals surface area contributed by atoms with Gasteiger partial charge in [0, 0.05) is 57.0 Å². The van der Waals surface area contributed by atoms with Gasteiger partial charge in [0.2, 0.25) is 0 Å². The SMILES string of the molecule is CSC1=C(SC)SC(=CC=C2SC(CS)=C(SCSC3=C(SCSC4=C(CS)SC(=CC=C5SC(SC)=C(SC)S5)S4)SC(=CC=C4SC(CS)=C(CS)S4)S3)S2)S1. The van der Waals surface area contributed by atoms with Gasteiger partial charge in [0.15, 0.2) is 0 Å². The van der Waals surface area contributed by atoms with Gasteiger partial charge in [-0.1, -0.05) is 141 Å². The van der Waals surface area contributed by atoms with Crippen molar-refractivity contribution in [1.82, 2.24) is 0 Å². The molecule has 0 unspecified atom stereocenters. The van der Waals surface area contributed by atoms with Crippen LogP contribution in [0, 0.1) is 0 Å². The standard InChI is InChI=1S/C34H34S24/c1-39-29-30(40-2)54-24(53-29)9-6-22-49-19(13-37)27(51-22)43-15-45-33-34(58-26(57-33)8-5-21-47-17(11-35)18(12-36)48-21)46-16-44-28-20(14-38)50-23(52-28)7-10-25-55-31(41-3)32(42-4)56-25/h5-10,35-38H,11-16H2,1-4H3. The van der Waals surface area contributed by atoms with E-state index in [4.69, 9.17) is 25.3 Å². The molecule has 0 N–H and O–H groups in total. The predicted octanol–water partition coefficient (Wildman–Crippen LogP) is 19.9. The van der Waals surface area contributed by atoms with Crippen LogP contribution >= 0.6 is 286 Å². The van der Waals surface area contributed by atoms with E-state index in [1.54, 1.807) is 0 Å². The van der Waals surface area contributed by atoms with Crippen LogP contribution in [-0.4, -0.2) is 58.2 Å². The molecule has 6 rings (SSSR count). The van der Waals surface area contributed by atoms with Crippen LogP contribution in [0.15, 0.2) is 115 Å². The molecule has 0 radical (unpaired) electrons. The second-order valence-electron chi connectivity index (χ2n) is 10.4. The first kappa shape index (κ1) is 52.6. The van der Waals surface area contributed by atoms with E-state index in [-0.39, 0.29) is 0 Å². The fraction of sp³-hybridized carbons (Fsp3) is 0.294. The Morgan fingerprint density at radius 2 is 0.534 bits per heavy atom. The van der Waals surface area contributed by atoms with Crippen LogP contribution in [0.2, 0.25) is 0 Å². The van der Waals surface area contributed by atoms with E-state index in [2.05, 4.69) is 86.7 Å². The zero-order chi connectivity index (χ0) is 41.0. The smallest absolute Gasteiger partial charge is 0.0668 e. The van der Waals surface area contributed by atoms with Crippen molar-refractivity contribution < 1.29 is 0 Å². The molecule has 0 aliphatic carbocycles. The molecular weight excluding hydrogens is 1180 g/mol. The summed E-state index contributed by atoms with van der Waals surface area (Å²) in [7, 11) is 0. The van der Waals surface area contributed by atoms with Crippen LogP contribution in [0.25, 0.3) is 0 Å². The van der Waals surface area contributed by atoms with Gasteiger partial charge >= 0.3 is 0 Å². The van der Waals surface area contributed by atoms with Crippen molar-refractivity contribution in [2.75, 3.05) is 58.2 Å². The van der Waals surface area contributed by atoms with Crippen molar-refractivity contribution in [3.63, 3.8) is 0 Å². The minimum atomic E-state index is 0.763. The normalized spacial score (nSPS) is 21.8. The molecule has 58 heavy (non-hydrogen) atoms. The number of thiol groups is 4. The Bertz CT molecular complexity index is 1800. The van der Waals surface area contributed by atoms with E-state index in [0.717, 1.165) is 33.2 Å². The van der Waals surface area contributed by atoms with Gasteiger partial charge < -0.3 is 0 Å². The highest BCUT2D eigenvalue weighted by molar-refractivity contribution is 8.45. The van der Waals surface area contributed by atoms with Crippen molar-refractivity contribution >= 4 is 286 Å². The Morgan fingerprint density at radius 3 is 0.828 bits per heavy atom. The van der Waals surface area contributed by atoms with Gasteiger partial charge in [-0.25, -0.2) is 0 Å². The van der Waals surface area contributed by atoms with Gasteiger partial charge in [-0.2, -0.15) is 50.5 Å². The van der Waals surface area contributed by atoms with Crippen molar-refractivity contribution in [2.24, 2.45) is 0 Å². The maximum absolute atomic E-state index is 4.73. The highest BCUT2D eigenvalue weighted by Crippen LogP contribution is 2.63. The summed E-state index contributed by atoms with van der Waals surface area (Å²) in [4.78, 5) is 5.37. The fourth-order valence-corrected chi connectivity index (χ4v) is 32.9. The maximum atomic E-state index is 4.73. The quantitative estimate of drug-likeness (QED) is 0.0716.